The molecule has 0 aromatic heterocycles. The second-order valence-electron chi connectivity index (χ2n) is 9.72. The van der Waals surface area contributed by atoms with E-state index < -0.39 is 0 Å². The van der Waals surface area contributed by atoms with Crippen molar-refractivity contribution in [1.29, 1.82) is 0 Å². The van der Waals surface area contributed by atoms with Crippen LogP contribution in [-0.4, -0.2) is 50.9 Å². The molecule has 8 heteroatoms. The van der Waals surface area contributed by atoms with Crippen molar-refractivity contribution in [1.82, 2.24) is 0 Å². The number of rotatable bonds is 6. The molecule has 1 aliphatic heterocycles. The van der Waals surface area contributed by atoms with Crippen molar-refractivity contribution in [2.24, 2.45) is 0 Å². The van der Waals surface area contributed by atoms with E-state index in [2.05, 4.69) is 40.4 Å². The maximum Gasteiger partial charge on any atom is 0.338 e. The molecule has 1 saturated heterocycles. The smallest absolute Gasteiger partial charge is 0.338 e. The molecule has 5 rings (SSSR count). The molecule has 0 amide bonds. The Hall–Kier alpha value is -5.03. The van der Waals surface area contributed by atoms with Crippen LogP contribution in [0.3, 0.4) is 0 Å². The second-order valence-corrected chi connectivity index (χ2v) is 11.0. The summed E-state index contributed by atoms with van der Waals surface area (Å²) in [4.78, 5) is 43.4. The highest BCUT2D eigenvalue weighted by Gasteiger charge is 2.05. The molecular weight excluding hydrogens is 719 g/mol. The van der Waals surface area contributed by atoms with Crippen LogP contribution >= 0.6 is 22.6 Å². The minimum Gasteiger partial charge on any atom is -0.462 e. The average molecular weight is 757 g/mol. The Morgan fingerprint density at radius 2 is 1.04 bits per heavy atom. The number of hydrogen-bond donors (Lipinski definition) is 0. The zero-order valence-corrected chi connectivity index (χ0v) is 29.1. The maximum atomic E-state index is 11.5. The molecular formula is C40H37IO7. The van der Waals surface area contributed by atoms with Crippen molar-refractivity contribution in [3.05, 3.63) is 140 Å². The van der Waals surface area contributed by atoms with Gasteiger partial charge in [-0.05, 0) is 122 Å². The highest BCUT2D eigenvalue weighted by atomic mass is 127. The third kappa shape index (κ3) is 15.5. The quantitative estimate of drug-likeness (QED) is 0.0857. The van der Waals surface area contributed by atoms with Gasteiger partial charge in [-0.1, -0.05) is 42.0 Å². The van der Waals surface area contributed by atoms with Crippen molar-refractivity contribution >= 4 is 47.1 Å². The van der Waals surface area contributed by atoms with Gasteiger partial charge in [-0.2, -0.15) is 0 Å². The van der Waals surface area contributed by atoms with Crippen molar-refractivity contribution in [2.45, 2.75) is 26.7 Å². The van der Waals surface area contributed by atoms with Crippen molar-refractivity contribution in [2.75, 3.05) is 26.4 Å². The topological polar surface area (TPSA) is 96.0 Å². The minimum atomic E-state index is -0.332. The number of esters is 2. The first-order chi connectivity index (χ1) is 23.3. The minimum absolute atomic E-state index is 0.256. The molecule has 1 heterocycles. The van der Waals surface area contributed by atoms with Gasteiger partial charge in [0.05, 0.1) is 24.3 Å². The molecule has 1 aliphatic rings. The Labute approximate surface area is 296 Å². The zero-order valence-electron chi connectivity index (χ0n) is 26.9. The van der Waals surface area contributed by atoms with E-state index in [-0.39, 0.29) is 11.9 Å². The van der Waals surface area contributed by atoms with Gasteiger partial charge in [-0.15, -0.1) is 6.42 Å². The molecule has 48 heavy (non-hydrogen) atoms. The summed E-state index contributed by atoms with van der Waals surface area (Å²) in [5.41, 5.74) is 4.83. The predicted molar refractivity (Wildman–Crippen MR) is 195 cm³/mol. The summed E-state index contributed by atoms with van der Waals surface area (Å²) in [6.07, 6.45) is 9.25. The summed E-state index contributed by atoms with van der Waals surface area (Å²) in [7, 11) is 0. The lowest BCUT2D eigenvalue weighted by Gasteiger charge is -2.00. The zero-order chi connectivity index (χ0) is 35.0. The lowest BCUT2D eigenvalue weighted by molar-refractivity contribution is 0.0516. The molecule has 1 fully saturated rings. The largest absolute Gasteiger partial charge is 0.462 e. The summed E-state index contributed by atoms with van der Waals surface area (Å²) in [6, 6.07) is 28.1. The molecule has 246 valence electrons. The van der Waals surface area contributed by atoms with Crippen LogP contribution in [0.5, 0.6) is 0 Å². The number of benzene rings is 4. The van der Waals surface area contributed by atoms with Crippen molar-refractivity contribution < 1.29 is 33.4 Å². The Morgan fingerprint density at radius 1 is 0.667 bits per heavy atom. The van der Waals surface area contributed by atoms with Crippen molar-refractivity contribution in [3.8, 4) is 24.2 Å². The highest BCUT2D eigenvalue weighted by molar-refractivity contribution is 14.1. The molecule has 0 aliphatic carbocycles. The van der Waals surface area contributed by atoms with Crippen LogP contribution in [0.4, 0.5) is 0 Å². The van der Waals surface area contributed by atoms with Crippen LogP contribution in [0.2, 0.25) is 0 Å². The van der Waals surface area contributed by atoms with E-state index >= 15 is 0 Å². The monoisotopic (exact) mass is 756 g/mol. The third-order valence-corrected chi connectivity index (χ3v) is 6.91. The number of carbonyl (C=O) groups is 4. The molecule has 0 bridgehead atoms. The fourth-order valence-corrected chi connectivity index (χ4v) is 4.02. The Bertz CT molecular complexity index is 1660. The molecule has 0 radical (unpaired) electrons. The standard InChI is InChI=1S/C18H14O3.C9H9IO2.C9H6O.C4H8O/c1-2-21-18(20)17-11-9-15(10-12-17)4-3-14-5-7-16(13-19)8-6-14;1-2-12-9(11)7-3-5-8(10)6-4-7;1-2-8-3-5-9(7-10)6-4-8;1-2-4-5-3-1/h5-13H,2H2,1H3;3-6H,2H2,1H3;1,3-7H;1-4H2. The number of carbonyl (C=O) groups excluding carboxylic acids is 4. The fourth-order valence-electron chi connectivity index (χ4n) is 3.66. The van der Waals surface area contributed by atoms with E-state index in [0.29, 0.717) is 35.5 Å². The summed E-state index contributed by atoms with van der Waals surface area (Å²) in [5.74, 6) is 7.88. The molecule has 7 nitrogen and oxygen atoms in total. The van der Waals surface area contributed by atoms with Crippen LogP contribution in [-0.2, 0) is 14.2 Å². The average Bonchev–Trinajstić information content (AvgIpc) is 3.73. The summed E-state index contributed by atoms with van der Waals surface area (Å²) >= 11 is 2.19. The van der Waals surface area contributed by atoms with Gasteiger partial charge in [0.25, 0.3) is 0 Å². The number of ether oxygens (including phenoxy) is 3. The maximum absolute atomic E-state index is 11.5. The Kier molecular flexibility index (Phi) is 19.0. The number of halogens is 1. The normalized spacial score (nSPS) is 10.7. The molecule has 0 atom stereocenters. The Balaban J connectivity index is 0.000000250. The van der Waals surface area contributed by atoms with Gasteiger partial charge in [0, 0.05) is 44.6 Å². The summed E-state index contributed by atoms with van der Waals surface area (Å²) < 4.78 is 15.8. The highest BCUT2D eigenvalue weighted by Crippen LogP contribution is 2.08. The van der Waals surface area contributed by atoms with Crippen LogP contribution < -0.4 is 0 Å². The molecule has 0 saturated carbocycles. The van der Waals surface area contributed by atoms with Gasteiger partial charge in [0.2, 0.25) is 0 Å². The van der Waals surface area contributed by atoms with Crippen LogP contribution in [0.25, 0.3) is 0 Å². The van der Waals surface area contributed by atoms with Gasteiger partial charge in [0.1, 0.15) is 12.6 Å². The summed E-state index contributed by atoms with van der Waals surface area (Å²) in [6.45, 7) is 6.35. The summed E-state index contributed by atoms with van der Waals surface area (Å²) in [5, 5.41) is 0. The lowest BCUT2D eigenvalue weighted by atomic mass is 10.1. The Morgan fingerprint density at radius 3 is 1.38 bits per heavy atom. The lowest BCUT2D eigenvalue weighted by Crippen LogP contribution is -2.04. The van der Waals surface area contributed by atoms with E-state index in [1.165, 1.54) is 12.8 Å². The molecule has 0 unspecified atom stereocenters. The SMILES string of the molecule is C#Cc1ccc(C=O)cc1.C1CCOC1.CCOC(=O)c1ccc(C#Cc2ccc(C=O)cc2)cc1.CCOC(=O)c1ccc(I)cc1. The third-order valence-electron chi connectivity index (χ3n) is 6.19. The first-order valence-corrected chi connectivity index (χ1v) is 16.3. The van der Waals surface area contributed by atoms with Gasteiger partial charge < -0.3 is 14.2 Å². The van der Waals surface area contributed by atoms with E-state index in [1.54, 1.807) is 98.8 Å². The predicted octanol–water partition coefficient (Wildman–Crippen LogP) is 7.82. The second kappa shape index (κ2) is 23.3. The van der Waals surface area contributed by atoms with Gasteiger partial charge in [-0.25, -0.2) is 9.59 Å². The van der Waals surface area contributed by atoms with Crippen molar-refractivity contribution in [3.63, 3.8) is 0 Å². The number of hydrogen-bond acceptors (Lipinski definition) is 7. The van der Waals surface area contributed by atoms with Crippen LogP contribution in [0, 0.1) is 27.8 Å². The number of terminal acetylenes is 1. The van der Waals surface area contributed by atoms with Gasteiger partial charge >= 0.3 is 11.9 Å². The van der Waals surface area contributed by atoms with Crippen LogP contribution in [0.1, 0.15) is 84.8 Å². The fraction of sp³-hybridized carbons (Fsp3) is 0.200. The molecule has 4 aromatic rings. The first-order valence-electron chi connectivity index (χ1n) is 15.2. The molecule has 4 aromatic carbocycles. The van der Waals surface area contributed by atoms with E-state index in [4.69, 9.17) is 20.6 Å². The van der Waals surface area contributed by atoms with E-state index in [0.717, 1.165) is 46.0 Å². The van der Waals surface area contributed by atoms with Gasteiger partial charge in [0.15, 0.2) is 0 Å². The van der Waals surface area contributed by atoms with Gasteiger partial charge in [-0.3, -0.25) is 9.59 Å². The van der Waals surface area contributed by atoms with E-state index in [9.17, 15) is 19.2 Å². The number of aldehydes is 2. The molecule has 0 N–H and O–H groups in total. The molecule has 0 spiro atoms. The van der Waals surface area contributed by atoms with E-state index in [1.807, 2.05) is 12.1 Å². The first kappa shape index (κ1) is 39.1. The van der Waals surface area contributed by atoms with Crippen LogP contribution in [0.15, 0.2) is 97.1 Å².